The van der Waals surface area contributed by atoms with Crippen LogP contribution in [0.15, 0.2) is 54.6 Å². The molecule has 0 aliphatic carbocycles. The Morgan fingerprint density at radius 1 is 1.12 bits per heavy atom. The third kappa shape index (κ3) is 3.81. The Labute approximate surface area is 141 Å². The molecule has 0 fully saturated rings. The van der Waals surface area contributed by atoms with Gasteiger partial charge in [0.25, 0.3) is 5.91 Å². The van der Waals surface area contributed by atoms with E-state index in [0.717, 1.165) is 29.6 Å². The van der Waals surface area contributed by atoms with Crippen LogP contribution >= 0.6 is 0 Å². The lowest BCUT2D eigenvalue weighted by molar-refractivity contribution is -0.121. The quantitative estimate of drug-likeness (QED) is 0.723. The number of nitrogens with one attached hydrogen (secondary N) is 1. The van der Waals surface area contributed by atoms with Crippen molar-refractivity contribution >= 4 is 22.9 Å². The van der Waals surface area contributed by atoms with Crippen LogP contribution in [0.4, 0.5) is 5.95 Å². The average Bonchev–Trinajstić information content (AvgIpc) is 2.94. The van der Waals surface area contributed by atoms with Crippen LogP contribution in [0.5, 0.6) is 0 Å². The summed E-state index contributed by atoms with van der Waals surface area (Å²) in [7, 11) is 0. The molecule has 3 aromatic rings. The van der Waals surface area contributed by atoms with Crippen molar-refractivity contribution in [1.29, 1.82) is 0 Å². The number of imidazole rings is 1. The van der Waals surface area contributed by atoms with E-state index in [4.69, 9.17) is 4.74 Å². The number of carbonyl (C=O) groups is 1. The van der Waals surface area contributed by atoms with Gasteiger partial charge in [-0.1, -0.05) is 49.4 Å². The molecule has 1 amide bonds. The molecule has 0 bridgehead atoms. The van der Waals surface area contributed by atoms with Crippen LogP contribution in [0.2, 0.25) is 0 Å². The van der Waals surface area contributed by atoms with Crippen molar-refractivity contribution in [3.8, 4) is 0 Å². The van der Waals surface area contributed by atoms with Crippen molar-refractivity contribution < 1.29 is 9.53 Å². The number of ether oxygens (including phenoxy) is 1. The largest absolute Gasteiger partial charge is 0.367 e. The van der Waals surface area contributed by atoms with Crippen LogP contribution in [0.1, 0.15) is 18.9 Å². The van der Waals surface area contributed by atoms with Crippen molar-refractivity contribution in [1.82, 2.24) is 9.55 Å². The number of anilines is 1. The number of para-hydroxylation sites is 2. The molecule has 5 nitrogen and oxygen atoms in total. The van der Waals surface area contributed by atoms with Crippen LogP contribution in [0.3, 0.4) is 0 Å². The first-order chi connectivity index (χ1) is 11.8. The van der Waals surface area contributed by atoms with Crippen molar-refractivity contribution in [2.24, 2.45) is 0 Å². The van der Waals surface area contributed by atoms with Gasteiger partial charge in [-0.15, -0.1) is 0 Å². The van der Waals surface area contributed by atoms with Gasteiger partial charge < -0.3 is 9.30 Å². The summed E-state index contributed by atoms with van der Waals surface area (Å²) >= 11 is 0. The molecule has 1 heterocycles. The molecular weight excluding hydrogens is 302 g/mol. The summed E-state index contributed by atoms with van der Waals surface area (Å²) in [5, 5.41) is 2.86. The fourth-order valence-corrected chi connectivity index (χ4v) is 2.62. The number of aromatic nitrogens is 2. The molecule has 1 N–H and O–H groups in total. The Morgan fingerprint density at radius 2 is 1.88 bits per heavy atom. The fraction of sp³-hybridized carbons (Fsp3) is 0.263. The van der Waals surface area contributed by atoms with Crippen molar-refractivity contribution in [3.63, 3.8) is 0 Å². The van der Waals surface area contributed by atoms with Gasteiger partial charge in [0.15, 0.2) is 0 Å². The Kier molecular flexibility index (Phi) is 5.23. The monoisotopic (exact) mass is 323 g/mol. The van der Waals surface area contributed by atoms with Crippen LogP contribution in [0.25, 0.3) is 11.0 Å². The molecule has 0 radical (unpaired) electrons. The van der Waals surface area contributed by atoms with Crippen molar-refractivity contribution in [3.05, 3.63) is 60.2 Å². The standard InChI is InChI=1S/C19H21N3O2/c1-2-12-22-17-11-7-6-10-16(17)20-19(22)21-18(23)14-24-13-15-8-4-3-5-9-15/h3-11H,2,12-14H2,1H3,(H,20,21,23). The smallest absolute Gasteiger partial charge is 0.252 e. The molecule has 0 aliphatic rings. The molecule has 0 saturated carbocycles. The van der Waals surface area contributed by atoms with Gasteiger partial charge in [-0.25, -0.2) is 4.98 Å². The maximum Gasteiger partial charge on any atom is 0.252 e. The van der Waals surface area contributed by atoms with Crippen molar-refractivity contribution in [2.75, 3.05) is 11.9 Å². The van der Waals surface area contributed by atoms with Gasteiger partial charge in [0.2, 0.25) is 5.95 Å². The van der Waals surface area contributed by atoms with Crippen LogP contribution in [-0.4, -0.2) is 22.1 Å². The van der Waals surface area contributed by atoms with Crippen LogP contribution in [-0.2, 0) is 22.7 Å². The first-order valence-corrected chi connectivity index (χ1v) is 8.14. The van der Waals surface area contributed by atoms with E-state index in [9.17, 15) is 4.79 Å². The van der Waals surface area contributed by atoms with E-state index in [-0.39, 0.29) is 12.5 Å². The zero-order valence-electron chi connectivity index (χ0n) is 13.7. The Hall–Kier alpha value is -2.66. The minimum atomic E-state index is -0.196. The molecule has 0 saturated heterocycles. The number of nitrogens with zero attached hydrogens (tertiary/aromatic N) is 2. The van der Waals surface area contributed by atoms with Crippen LogP contribution < -0.4 is 5.32 Å². The Bertz CT molecular complexity index is 812. The zero-order chi connectivity index (χ0) is 16.8. The summed E-state index contributed by atoms with van der Waals surface area (Å²) in [5.41, 5.74) is 2.95. The highest BCUT2D eigenvalue weighted by molar-refractivity contribution is 5.92. The molecule has 2 aromatic carbocycles. The SMILES string of the molecule is CCCn1c(NC(=O)COCc2ccccc2)nc2ccccc21. The number of aryl methyl sites for hydroxylation is 1. The van der Waals surface area contributed by atoms with Gasteiger partial charge in [-0.3, -0.25) is 10.1 Å². The molecule has 24 heavy (non-hydrogen) atoms. The molecule has 1 aromatic heterocycles. The van der Waals surface area contributed by atoms with E-state index < -0.39 is 0 Å². The highest BCUT2D eigenvalue weighted by Gasteiger charge is 2.12. The van der Waals surface area contributed by atoms with Gasteiger partial charge >= 0.3 is 0 Å². The summed E-state index contributed by atoms with van der Waals surface area (Å²) < 4.78 is 7.51. The minimum absolute atomic E-state index is 0.00419. The third-order valence-electron chi connectivity index (χ3n) is 3.70. The second kappa shape index (κ2) is 7.75. The minimum Gasteiger partial charge on any atom is -0.367 e. The van der Waals surface area contributed by atoms with E-state index in [1.54, 1.807) is 0 Å². The summed E-state index contributed by atoms with van der Waals surface area (Å²) in [5.74, 6) is 0.380. The molecule has 0 aliphatic heterocycles. The number of hydrogen-bond acceptors (Lipinski definition) is 3. The topological polar surface area (TPSA) is 56.2 Å². The highest BCUT2D eigenvalue weighted by Crippen LogP contribution is 2.19. The molecule has 0 unspecified atom stereocenters. The number of carbonyl (C=O) groups excluding carboxylic acids is 1. The lowest BCUT2D eigenvalue weighted by Gasteiger charge is -2.09. The molecule has 0 spiro atoms. The first-order valence-electron chi connectivity index (χ1n) is 8.14. The number of benzene rings is 2. The highest BCUT2D eigenvalue weighted by atomic mass is 16.5. The lowest BCUT2D eigenvalue weighted by atomic mass is 10.2. The van der Waals surface area contributed by atoms with E-state index in [1.165, 1.54) is 0 Å². The first kappa shape index (κ1) is 16.2. The molecule has 5 heteroatoms. The number of fused-ring (bicyclic) bond motifs is 1. The number of rotatable bonds is 7. The number of amides is 1. The summed E-state index contributed by atoms with van der Waals surface area (Å²) in [4.78, 5) is 16.7. The van der Waals surface area contributed by atoms with Crippen LogP contribution in [0, 0.1) is 0 Å². The third-order valence-corrected chi connectivity index (χ3v) is 3.70. The zero-order valence-corrected chi connectivity index (χ0v) is 13.7. The summed E-state index contributed by atoms with van der Waals surface area (Å²) in [6.07, 6.45) is 0.966. The van der Waals surface area contributed by atoms with Gasteiger partial charge in [0.05, 0.1) is 17.6 Å². The lowest BCUT2D eigenvalue weighted by Crippen LogP contribution is -2.21. The predicted molar refractivity (Wildman–Crippen MR) is 94.8 cm³/mol. The molecule has 3 rings (SSSR count). The van der Waals surface area contributed by atoms with E-state index in [1.807, 2.05) is 59.2 Å². The van der Waals surface area contributed by atoms with Crippen molar-refractivity contribution in [2.45, 2.75) is 26.5 Å². The predicted octanol–water partition coefficient (Wildman–Crippen LogP) is 3.60. The maximum absolute atomic E-state index is 12.1. The van der Waals surface area contributed by atoms with E-state index in [2.05, 4.69) is 17.2 Å². The second-order valence-corrected chi connectivity index (χ2v) is 5.60. The molecule has 0 atom stereocenters. The number of hydrogen-bond donors (Lipinski definition) is 1. The average molecular weight is 323 g/mol. The normalized spacial score (nSPS) is 10.9. The summed E-state index contributed by atoms with van der Waals surface area (Å²) in [6, 6.07) is 17.7. The Balaban J connectivity index is 1.63. The maximum atomic E-state index is 12.1. The van der Waals surface area contributed by atoms with Gasteiger partial charge in [0, 0.05) is 6.54 Å². The fourth-order valence-electron chi connectivity index (χ4n) is 2.62. The van der Waals surface area contributed by atoms with Gasteiger partial charge in [0.1, 0.15) is 6.61 Å². The van der Waals surface area contributed by atoms with E-state index in [0.29, 0.717) is 12.6 Å². The molecular formula is C19H21N3O2. The Morgan fingerprint density at radius 3 is 2.67 bits per heavy atom. The second-order valence-electron chi connectivity index (χ2n) is 5.60. The molecule has 124 valence electrons. The summed E-state index contributed by atoms with van der Waals surface area (Å²) in [6.45, 7) is 3.33. The van der Waals surface area contributed by atoms with E-state index >= 15 is 0 Å². The van der Waals surface area contributed by atoms with Gasteiger partial charge in [-0.05, 0) is 24.1 Å². The van der Waals surface area contributed by atoms with Gasteiger partial charge in [-0.2, -0.15) is 0 Å².